The van der Waals surface area contributed by atoms with Gasteiger partial charge in [-0.25, -0.2) is 0 Å². The molecular weight excluding hydrogens is 632 g/mol. The van der Waals surface area contributed by atoms with E-state index in [2.05, 4.69) is 46.5 Å². The molecule has 6 nitrogen and oxygen atoms in total. The Labute approximate surface area is 258 Å². The summed E-state index contributed by atoms with van der Waals surface area (Å²) in [7, 11) is -4.79. The fourth-order valence-corrected chi connectivity index (χ4v) is 23.5. The lowest BCUT2D eigenvalue weighted by Gasteiger charge is -2.32. The first-order chi connectivity index (χ1) is 17.9. The van der Waals surface area contributed by atoms with Gasteiger partial charge in [-0.2, -0.15) is 12.6 Å². The topological polar surface area (TPSA) is 77.4 Å². The molecule has 0 bridgehead atoms. The number of hydrogen-bond donors (Lipinski definition) is 3. The predicted molar refractivity (Wildman–Crippen MR) is 184 cm³/mol. The van der Waals surface area contributed by atoms with Gasteiger partial charge >= 0.3 is 17.1 Å². The fourth-order valence-electron chi connectivity index (χ4n) is 3.20. The molecule has 0 aliphatic rings. The van der Waals surface area contributed by atoms with Crippen LogP contribution in [0.4, 0.5) is 0 Å². The maximum absolute atomic E-state index is 9.49. The highest BCUT2D eigenvalue weighted by molar-refractivity contribution is 9.23. The molecule has 0 amide bonds. The second-order valence-electron chi connectivity index (χ2n) is 10.2. The van der Waals surface area contributed by atoms with Gasteiger partial charge in [-0.05, 0) is 61.0 Å². The van der Waals surface area contributed by atoms with E-state index in [-0.39, 0.29) is 31.0 Å². The molecule has 230 valence electrons. The van der Waals surface area contributed by atoms with Crippen LogP contribution < -0.4 is 0 Å². The van der Waals surface area contributed by atoms with E-state index in [1.807, 2.05) is 48.0 Å². The second kappa shape index (κ2) is 22.7. The van der Waals surface area contributed by atoms with Crippen LogP contribution in [0.25, 0.3) is 0 Å². The van der Waals surface area contributed by atoms with Crippen molar-refractivity contribution in [2.24, 2.45) is 17.8 Å². The number of thiol groups is 1. The maximum atomic E-state index is 9.49. The molecule has 0 saturated carbocycles. The second-order valence-corrected chi connectivity index (χ2v) is 33.7. The summed E-state index contributed by atoms with van der Waals surface area (Å²) in [6.07, 6.45) is 1.97. The summed E-state index contributed by atoms with van der Waals surface area (Å²) in [4.78, 5) is 0. The summed E-state index contributed by atoms with van der Waals surface area (Å²) in [5.41, 5.74) is 0. The maximum Gasteiger partial charge on any atom is 0.334 e. The molecule has 0 fully saturated rings. The van der Waals surface area contributed by atoms with E-state index in [9.17, 15) is 10.2 Å². The molecule has 0 aromatic rings. The van der Waals surface area contributed by atoms with Crippen LogP contribution in [0.5, 0.6) is 0 Å². The van der Waals surface area contributed by atoms with Crippen molar-refractivity contribution in [3.05, 3.63) is 0 Å². The van der Waals surface area contributed by atoms with Crippen molar-refractivity contribution in [1.82, 2.24) is 0 Å². The van der Waals surface area contributed by atoms with Gasteiger partial charge in [-0.15, -0.1) is 34.1 Å². The third-order valence-electron chi connectivity index (χ3n) is 5.70. The minimum absolute atomic E-state index is 0.0886. The highest BCUT2D eigenvalue weighted by Gasteiger charge is 2.35. The van der Waals surface area contributed by atoms with Crippen molar-refractivity contribution < 1.29 is 27.9 Å². The Morgan fingerprint density at radius 2 is 1.13 bits per heavy atom. The van der Waals surface area contributed by atoms with Crippen LogP contribution >= 0.6 is 50.4 Å². The normalized spacial score (nSPS) is 18.1. The molecular formula is C24H55O6PS5Si2. The Morgan fingerprint density at radius 1 is 0.737 bits per heavy atom. The van der Waals surface area contributed by atoms with Crippen molar-refractivity contribution in [1.29, 1.82) is 0 Å². The van der Waals surface area contributed by atoms with E-state index < -0.39 is 20.8 Å². The molecule has 5 atom stereocenters. The van der Waals surface area contributed by atoms with Crippen molar-refractivity contribution in [3.8, 4) is 0 Å². The van der Waals surface area contributed by atoms with Crippen molar-refractivity contribution in [3.63, 3.8) is 0 Å². The molecule has 0 rings (SSSR count). The van der Waals surface area contributed by atoms with Crippen molar-refractivity contribution >= 4 is 79.3 Å². The first-order valence-electron chi connectivity index (χ1n) is 13.8. The summed E-state index contributed by atoms with van der Waals surface area (Å²) >= 11 is 16.2. The molecule has 0 aliphatic heterocycles. The minimum Gasteiger partial charge on any atom is -0.396 e. The molecule has 0 aromatic heterocycles. The number of hydrogen-bond acceptors (Lipinski definition) is 11. The first kappa shape index (κ1) is 40.2. The third-order valence-corrected chi connectivity index (χ3v) is 27.1. The average molecular weight is 687 g/mol. The Balaban J connectivity index is 4.99. The Hall–Kier alpha value is 2.24. The number of aliphatic hydroxyl groups excluding tert-OH is 2. The molecule has 0 radical (unpaired) electrons. The lowest BCUT2D eigenvalue weighted by molar-refractivity contribution is 0.0871. The summed E-state index contributed by atoms with van der Waals surface area (Å²) in [6, 6.07) is 1.79. The van der Waals surface area contributed by atoms with Crippen LogP contribution in [0.3, 0.4) is 0 Å². The van der Waals surface area contributed by atoms with Gasteiger partial charge in [0.2, 0.25) is 0 Å². The molecule has 0 heterocycles. The minimum atomic E-state index is -2.43. The van der Waals surface area contributed by atoms with Crippen molar-refractivity contribution in [2.45, 2.75) is 72.6 Å². The highest BCUT2D eigenvalue weighted by atomic mass is 33.5. The number of rotatable bonds is 26. The molecule has 0 spiro atoms. The summed E-state index contributed by atoms with van der Waals surface area (Å²) in [6.45, 7) is 17.1. The van der Waals surface area contributed by atoms with Gasteiger partial charge in [0.1, 0.15) is 3.64 Å². The van der Waals surface area contributed by atoms with Crippen LogP contribution in [0, 0.1) is 17.8 Å². The molecule has 2 N–H and O–H groups in total. The van der Waals surface area contributed by atoms with Gasteiger partial charge in [0, 0.05) is 57.4 Å². The zero-order valence-corrected chi connectivity index (χ0v) is 31.7. The average Bonchev–Trinajstić information content (AvgIpc) is 2.90. The lowest BCUT2D eigenvalue weighted by atomic mass is 10.2. The van der Waals surface area contributed by atoms with E-state index in [0.717, 1.165) is 47.9 Å². The monoisotopic (exact) mass is 686 g/mol. The molecule has 0 aliphatic carbocycles. The Morgan fingerprint density at radius 3 is 1.50 bits per heavy atom. The quantitative estimate of drug-likeness (QED) is 0.0375. The van der Waals surface area contributed by atoms with E-state index in [1.165, 1.54) is 0 Å². The fraction of sp³-hybridized carbons (Fsp3) is 1.00. The summed E-state index contributed by atoms with van der Waals surface area (Å²) < 4.78 is 24.0. The largest absolute Gasteiger partial charge is 0.396 e. The van der Waals surface area contributed by atoms with Gasteiger partial charge in [0.05, 0.1) is 0 Å². The molecule has 5 unspecified atom stereocenters. The highest BCUT2D eigenvalue weighted by Crippen LogP contribution is 2.78. The van der Waals surface area contributed by atoms with Crippen molar-refractivity contribution in [2.75, 3.05) is 62.7 Å². The molecule has 0 saturated heterocycles. The van der Waals surface area contributed by atoms with Crippen LogP contribution in [-0.2, 0) is 29.5 Å². The zero-order valence-electron chi connectivity index (χ0n) is 24.7. The first-order valence-corrected chi connectivity index (χ1v) is 27.1. The SMILES string of the molecule is CCSP(=S)(SCC)SCCC[Si](C)(OCC(C)CO)OCC(C)CO[Si](C)(CCCS)OCC(C)CO. The third kappa shape index (κ3) is 19.4. The summed E-state index contributed by atoms with van der Waals surface area (Å²) in [5, 5.41) is 18.9. The van der Waals surface area contributed by atoms with Crippen LogP contribution in [-0.4, -0.2) is 90.0 Å². The van der Waals surface area contributed by atoms with Gasteiger partial charge < -0.3 is 27.9 Å². The Kier molecular flexibility index (Phi) is 24.1. The van der Waals surface area contributed by atoms with Gasteiger partial charge in [0.25, 0.3) is 0 Å². The smallest absolute Gasteiger partial charge is 0.334 e. The van der Waals surface area contributed by atoms with Gasteiger partial charge in [0.15, 0.2) is 0 Å². The summed E-state index contributed by atoms with van der Waals surface area (Å²) in [5.74, 6) is 4.35. The zero-order chi connectivity index (χ0) is 29.1. The molecule has 14 heteroatoms. The lowest BCUT2D eigenvalue weighted by Crippen LogP contribution is -2.43. The predicted octanol–water partition coefficient (Wildman–Crippen LogP) is 7.26. The van der Waals surface area contributed by atoms with E-state index in [1.54, 1.807) is 0 Å². The standard InChI is InChI=1S/C24H55O6PS5Si2/c1-8-34-31(33,35-9-2)36-13-11-15-38(7,28-19-23(4)17-26)30-21-24(5)20-29-37(6,14-10-12-32)27-18-22(3)16-25/h22-26,32H,8-21H2,1-7H3. The molecule has 38 heavy (non-hydrogen) atoms. The van der Waals surface area contributed by atoms with Gasteiger partial charge in [-0.1, -0.05) is 46.4 Å². The van der Waals surface area contributed by atoms with Crippen LogP contribution in [0.1, 0.15) is 47.5 Å². The van der Waals surface area contributed by atoms with Gasteiger partial charge in [-0.3, -0.25) is 0 Å². The Bertz CT molecular complexity index is 637. The van der Waals surface area contributed by atoms with E-state index in [0.29, 0.717) is 26.4 Å². The molecule has 0 aromatic carbocycles. The van der Waals surface area contributed by atoms with Crippen LogP contribution in [0.15, 0.2) is 0 Å². The van der Waals surface area contributed by atoms with Crippen LogP contribution in [0.2, 0.25) is 25.2 Å². The van der Waals surface area contributed by atoms with E-state index in [4.69, 9.17) is 29.5 Å². The number of aliphatic hydroxyl groups is 2. The van der Waals surface area contributed by atoms with E-state index >= 15 is 0 Å².